The fourth-order valence-corrected chi connectivity index (χ4v) is 2.49. The summed E-state index contributed by atoms with van der Waals surface area (Å²) in [6, 6.07) is 13.9. The van der Waals surface area contributed by atoms with Crippen LogP contribution in [0.15, 0.2) is 62.2 Å². The van der Waals surface area contributed by atoms with Crippen molar-refractivity contribution in [1.29, 1.82) is 0 Å². The van der Waals surface area contributed by atoms with Crippen LogP contribution in [0.2, 0.25) is 0 Å². The topological polar surface area (TPSA) is 65.7 Å². The molecule has 0 radical (unpaired) electrons. The Morgan fingerprint density at radius 3 is 2.62 bits per heavy atom. The van der Waals surface area contributed by atoms with Gasteiger partial charge in [0.1, 0.15) is 12.2 Å². The van der Waals surface area contributed by atoms with Gasteiger partial charge in [0.15, 0.2) is 11.3 Å². The van der Waals surface area contributed by atoms with Gasteiger partial charge in [-0.15, -0.1) is 0 Å². The maximum absolute atomic E-state index is 12.2. The number of carbonyl (C=O) groups excluding carboxylic acids is 1. The molecule has 0 spiro atoms. The number of methoxy groups -OCH3 is 1. The van der Waals surface area contributed by atoms with Gasteiger partial charge in [-0.3, -0.25) is 0 Å². The standard InChI is InChI=1S/C18H13BrO5/c1-22-15-4-2-3-12-9-14(18(21)24-16(12)15)17(20)23-10-11-5-7-13(19)8-6-11/h2-9H,10H2,1H3. The summed E-state index contributed by atoms with van der Waals surface area (Å²) in [5, 5.41) is 0.588. The van der Waals surface area contributed by atoms with Crippen LogP contribution < -0.4 is 10.4 Å². The number of benzene rings is 2. The van der Waals surface area contributed by atoms with E-state index in [1.807, 2.05) is 24.3 Å². The lowest BCUT2D eigenvalue weighted by Crippen LogP contribution is -2.16. The Bertz CT molecular complexity index is 944. The van der Waals surface area contributed by atoms with E-state index in [1.165, 1.54) is 13.2 Å². The van der Waals surface area contributed by atoms with Crippen LogP contribution in [0.5, 0.6) is 5.75 Å². The number of para-hydroxylation sites is 1. The maximum atomic E-state index is 12.2. The first-order valence-electron chi connectivity index (χ1n) is 7.11. The van der Waals surface area contributed by atoms with E-state index >= 15 is 0 Å². The second-order valence-electron chi connectivity index (χ2n) is 5.03. The van der Waals surface area contributed by atoms with Crippen LogP contribution in [0.3, 0.4) is 0 Å². The normalized spacial score (nSPS) is 10.6. The Hall–Kier alpha value is -2.60. The molecule has 0 saturated heterocycles. The summed E-state index contributed by atoms with van der Waals surface area (Å²) >= 11 is 3.33. The molecular weight excluding hydrogens is 376 g/mol. The van der Waals surface area contributed by atoms with E-state index < -0.39 is 11.6 Å². The molecule has 24 heavy (non-hydrogen) atoms. The minimum Gasteiger partial charge on any atom is -0.493 e. The maximum Gasteiger partial charge on any atom is 0.351 e. The molecule has 0 atom stereocenters. The van der Waals surface area contributed by atoms with Gasteiger partial charge in [-0.1, -0.05) is 40.2 Å². The van der Waals surface area contributed by atoms with Gasteiger partial charge in [0.2, 0.25) is 0 Å². The van der Waals surface area contributed by atoms with E-state index in [2.05, 4.69) is 15.9 Å². The van der Waals surface area contributed by atoms with Crippen molar-refractivity contribution < 1.29 is 18.7 Å². The molecule has 0 unspecified atom stereocenters. The average molecular weight is 389 g/mol. The first-order chi connectivity index (χ1) is 11.6. The van der Waals surface area contributed by atoms with Crippen molar-refractivity contribution in [2.24, 2.45) is 0 Å². The number of rotatable bonds is 4. The Balaban J connectivity index is 1.85. The van der Waals surface area contributed by atoms with Crippen molar-refractivity contribution in [1.82, 2.24) is 0 Å². The van der Waals surface area contributed by atoms with E-state index in [0.717, 1.165) is 10.0 Å². The van der Waals surface area contributed by atoms with Crippen LogP contribution in [0.1, 0.15) is 15.9 Å². The first-order valence-corrected chi connectivity index (χ1v) is 7.90. The third kappa shape index (κ3) is 3.33. The highest BCUT2D eigenvalue weighted by Crippen LogP contribution is 2.24. The Morgan fingerprint density at radius 1 is 1.17 bits per heavy atom. The second kappa shape index (κ2) is 6.88. The van der Waals surface area contributed by atoms with Gasteiger partial charge in [-0.25, -0.2) is 9.59 Å². The molecule has 3 aromatic rings. The second-order valence-corrected chi connectivity index (χ2v) is 5.94. The summed E-state index contributed by atoms with van der Waals surface area (Å²) < 4.78 is 16.5. The molecule has 6 heteroatoms. The van der Waals surface area contributed by atoms with Crippen LogP contribution in [-0.4, -0.2) is 13.1 Å². The predicted octanol–water partition coefficient (Wildman–Crippen LogP) is 3.92. The van der Waals surface area contributed by atoms with Crippen LogP contribution >= 0.6 is 15.9 Å². The molecule has 0 amide bonds. The quantitative estimate of drug-likeness (QED) is 0.500. The van der Waals surface area contributed by atoms with Crippen LogP contribution in [0.4, 0.5) is 0 Å². The van der Waals surface area contributed by atoms with Gasteiger partial charge in [0, 0.05) is 9.86 Å². The lowest BCUT2D eigenvalue weighted by molar-refractivity contribution is 0.0468. The highest BCUT2D eigenvalue weighted by atomic mass is 79.9. The number of hydrogen-bond acceptors (Lipinski definition) is 5. The SMILES string of the molecule is COc1cccc2cc(C(=O)OCc3ccc(Br)cc3)c(=O)oc12. The van der Waals surface area contributed by atoms with Crippen molar-refractivity contribution in [3.63, 3.8) is 0 Å². The van der Waals surface area contributed by atoms with Crippen molar-refractivity contribution in [2.45, 2.75) is 6.61 Å². The molecule has 0 fully saturated rings. The van der Waals surface area contributed by atoms with Crippen molar-refractivity contribution in [3.05, 3.63) is 74.6 Å². The van der Waals surface area contributed by atoms with Gasteiger partial charge in [-0.05, 0) is 29.8 Å². The molecule has 0 N–H and O–H groups in total. The zero-order chi connectivity index (χ0) is 17.1. The number of carbonyl (C=O) groups is 1. The van der Waals surface area contributed by atoms with Gasteiger partial charge in [-0.2, -0.15) is 0 Å². The van der Waals surface area contributed by atoms with Gasteiger partial charge < -0.3 is 13.9 Å². The van der Waals surface area contributed by atoms with Gasteiger partial charge >= 0.3 is 11.6 Å². The lowest BCUT2D eigenvalue weighted by Gasteiger charge is -2.07. The molecule has 0 aliphatic carbocycles. The van der Waals surface area contributed by atoms with E-state index in [1.54, 1.807) is 18.2 Å². The molecule has 1 aromatic heterocycles. The lowest BCUT2D eigenvalue weighted by atomic mass is 10.2. The molecular formula is C18H13BrO5. The van der Waals surface area contributed by atoms with Crippen LogP contribution in [-0.2, 0) is 11.3 Å². The summed E-state index contributed by atoms with van der Waals surface area (Å²) in [4.78, 5) is 24.3. The Morgan fingerprint density at radius 2 is 1.92 bits per heavy atom. The summed E-state index contributed by atoms with van der Waals surface area (Å²) in [6.07, 6.45) is 0. The molecule has 122 valence electrons. The smallest absolute Gasteiger partial charge is 0.351 e. The van der Waals surface area contributed by atoms with Crippen molar-refractivity contribution in [2.75, 3.05) is 7.11 Å². The highest BCUT2D eigenvalue weighted by molar-refractivity contribution is 9.10. The summed E-state index contributed by atoms with van der Waals surface area (Å²) in [5.74, 6) is -0.296. The molecule has 3 rings (SSSR count). The fourth-order valence-electron chi connectivity index (χ4n) is 2.23. The van der Waals surface area contributed by atoms with E-state index in [4.69, 9.17) is 13.9 Å². The molecule has 0 aliphatic heterocycles. The minimum absolute atomic E-state index is 0.0711. The summed E-state index contributed by atoms with van der Waals surface area (Å²) in [7, 11) is 1.48. The van der Waals surface area contributed by atoms with E-state index in [9.17, 15) is 9.59 Å². The average Bonchev–Trinajstić information content (AvgIpc) is 2.60. The predicted molar refractivity (Wildman–Crippen MR) is 92.3 cm³/mol. The number of esters is 1. The molecule has 0 saturated carbocycles. The summed E-state index contributed by atoms with van der Waals surface area (Å²) in [6.45, 7) is 0.0711. The number of fused-ring (bicyclic) bond motifs is 1. The third-order valence-electron chi connectivity index (χ3n) is 3.45. The number of ether oxygens (including phenoxy) is 2. The molecule has 2 aromatic carbocycles. The zero-order valence-corrected chi connectivity index (χ0v) is 14.3. The summed E-state index contributed by atoms with van der Waals surface area (Å²) in [5.41, 5.74) is 0.216. The first kappa shape index (κ1) is 16.3. The fraction of sp³-hybridized carbons (Fsp3) is 0.111. The molecule has 0 bridgehead atoms. The Labute approximate surface area is 145 Å². The van der Waals surface area contributed by atoms with Gasteiger partial charge in [0.05, 0.1) is 7.11 Å². The van der Waals surface area contributed by atoms with Gasteiger partial charge in [0.25, 0.3) is 0 Å². The minimum atomic E-state index is -0.757. The van der Waals surface area contributed by atoms with Crippen LogP contribution in [0, 0.1) is 0 Å². The Kier molecular flexibility index (Phi) is 4.66. The van der Waals surface area contributed by atoms with Crippen LogP contribution in [0.25, 0.3) is 11.0 Å². The molecule has 1 heterocycles. The zero-order valence-electron chi connectivity index (χ0n) is 12.7. The number of halogens is 1. The van der Waals surface area contributed by atoms with Crippen molar-refractivity contribution in [3.8, 4) is 5.75 Å². The molecule has 5 nitrogen and oxygen atoms in total. The monoisotopic (exact) mass is 388 g/mol. The highest BCUT2D eigenvalue weighted by Gasteiger charge is 2.17. The van der Waals surface area contributed by atoms with E-state index in [-0.39, 0.29) is 12.2 Å². The number of hydrogen-bond donors (Lipinski definition) is 0. The molecule has 0 aliphatic rings. The van der Waals surface area contributed by atoms with E-state index in [0.29, 0.717) is 16.7 Å². The third-order valence-corrected chi connectivity index (χ3v) is 3.98. The van der Waals surface area contributed by atoms with Crippen molar-refractivity contribution >= 4 is 32.9 Å². The largest absolute Gasteiger partial charge is 0.493 e.